The number of aliphatic hydroxyl groups is 1. The van der Waals surface area contributed by atoms with E-state index in [1.54, 1.807) is 4.90 Å². The Kier molecular flexibility index (Phi) is 3.21. The Morgan fingerprint density at radius 1 is 1.26 bits per heavy atom. The van der Waals surface area contributed by atoms with E-state index in [4.69, 9.17) is 0 Å². The molecule has 1 N–H and O–H groups in total. The fourth-order valence-electron chi connectivity index (χ4n) is 2.63. The summed E-state index contributed by atoms with van der Waals surface area (Å²) in [5.74, 6) is 0.0719. The monoisotopic (exact) mass is 261 g/mol. The van der Waals surface area contributed by atoms with Crippen LogP contribution in [-0.4, -0.2) is 24.2 Å². The van der Waals surface area contributed by atoms with E-state index in [0.717, 1.165) is 11.3 Å². The fraction of sp³-hybridized carbons (Fsp3) is 0.562. The number of carbonyl (C=O) groups is 1. The van der Waals surface area contributed by atoms with Gasteiger partial charge >= 0.3 is 0 Å². The van der Waals surface area contributed by atoms with Gasteiger partial charge in [0.1, 0.15) is 0 Å². The van der Waals surface area contributed by atoms with E-state index in [2.05, 4.69) is 39.0 Å². The second kappa shape index (κ2) is 4.34. The van der Waals surface area contributed by atoms with Crippen molar-refractivity contribution in [2.45, 2.75) is 45.4 Å². The first-order valence-electron chi connectivity index (χ1n) is 6.77. The number of hydrogen-bond acceptors (Lipinski definition) is 2. The van der Waals surface area contributed by atoms with Crippen molar-refractivity contribution in [1.82, 2.24) is 0 Å². The second-order valence-electron chi connectivity index (χ2n) is 6.79. The Hall–Kier alpha value is -1.35. The summed E-state index contributed by atoms with van der Waals surface area (Å²) in [5.41, 5.74) is 2.77. The highest BCUT2D eigenvalue weighted by molar-refractivity contribution is 6.07. The number of β-amino-alcohol motifs (C(OH)–C–C–N with tert-alkyl or cyclic N) is 1. The molecule has 0 saturated carbocycles. The fourth-order valence-corrected chi connectivity index (χ4v) is 2.63. The highest BCUT2D eigenvalue weighted by atomic mass is 16.3. The van der Waals surface area contributed by atoms with E-state index in [9.17, 15) is 9.90 Å². The third kappa shape index (κ3) is 2.16. The molecule has 0 spiro atoms. The van der Waals surface area contributed by atoms with Crippen LogP contribution < -0.4 is 4.90 Å². The molecule has 2 rings (SSSR count). The van der Waals surface area contributed by atoms with Crippen molar-refractivity contribution in [3.05, 3.63) is 29.3 Å². The summed E-state index contributed by atoms with van der Waals surface area (Å²) in [6.07, 6.45) is 0. The number of carbonyl (C=O) groups excluding carboxylic acids is 1. The van der Waals surface area contributed by atoms with Crippen molar-refractivity contribution in [1.29, 1.82) is 0 Å². The van der Waals surface area contributed by atoms with Gasteiger partial charge in [-0.2, -0.15) is 0 Å². The minimum Gasteiger partial charge on any atom is -0.395 e. The number of fused-ring (bicyclic) bond motifs is 1. The topological polar surface area (TPSA) is 40.5 Å². The molecular weight excluding hydrogens is 238 g/mol. The molecule has 1 aromatic carbocycles. The quantitative estimate of drug-likeness (QED) is 0.889. The van der Waals surface area contributed by atoms with Gasteiger partial charge in [-0.15, -0.1) is 0 Å². The predicted octanol–water partition coefficient (Wildman–Crippen LogP) is 2.60. The van der Waals surface area contributed by atoms with Crippen LogP contribution >= 0.6 is 0 Å². The molecule has 0 saturated heterocycles. The summed E-state index contributed by atoms with van der Waals surface area (Å²) in [7, 11) is 0. The first-order chi connectivity index (χ1) is 8.69. The van der Waals surface area contributed by atoms with E-state index in [0.29, 0.717) is 6.54 Å². The Morgan fingerprint density at radius 2 is 1.89 bits per heavy atom. The van der Waals surface area contributed by atoms with Gasteiger partial charge in [0.05, 0.1) is 12.0 Å². The number of benzene rings is 1. The Bertz CT molecular complexity index is 512. The molecular formula is C16H23NO2. The SMILES string of the molecule is CC(C)(C)c1ccc2c(c1)N(CCO)C(=O)C2(C)C. The van der Waals surface area contributed by atoms with E-state index in [1.165, 1.54) is 5.56 Å². The molecule has 0 radical (unpaired) electrons. The highest BCUT2D eigenvalue weighted by Crippen LogP contribution is 2.43. The lowest BCUT2D eigenvalue weighted by molar-refractivity contribution is -0.122. The lowest BCUT2D eigenvalue weighted by Crippen LogP contribution is -2.37. The van der Waals surface area contributed by atoms with Crippen LogP contribution in [0.1, 0.15) is 45.7 Å². The van der Waals surface area contributed by atoms with Crippen molar-refractivity contribution in [3.63, 3.8) is 0 Å². The van der Waals surface area contributed by atoms with Crippen molar-refractivity contribution in [2.75, 3.05) is 18.1 Å². The Labute approximate surface area is 115 Å². The molecule has 3 heteroatoms. The maximum atomic E-state index is 12.4. The summed E-state index contributed by atoms with van der Waals surface area (Å²) in [6.45, 7) is 10.7. The Morgan fingerprint density at radius 3 is 2.42 bits per heavy atom. The first-order valence-corrected chi connectivity index (χ1v) is 6.77. The van der Waals surface area contributed by atoms with E-state index < -0.39 is 5.41 Å². The minimum atomic E-state index is -0.499. The second-order valence-corrected chi connectivity index (χ2v) is 6.79. The van der Waals surface area contributed by atoms with Gasteiger partial charge in [-0.05, 0) is 36.5 Å². The summed E-state index contributed by atoms with van der Waals surface area (Å²) in [6, 6.07) is 6.26. The first kappa shape index (κ1) is 14.1. The zero-order chi connectivity index (χ0) is 14.4. The Balaban J connectivity index is 2.57. The smallest absolute Gasteiger partial charge is 0.237 e. The number of hydrogen-bond donors (Lipinski definition) is 1. The summed E-state index contributed by atoms with van der Waals surface area (Å²) in [5, 5.41) is 9.18. The average Bonchev–Trinajstić information content (AvgIpc) is 2.50. The van der Waals surface area contributed by atoms with Gasteiger partial charge in [0.2, 0.25) is 5.91 Å². The number of aliphatic hydroxyl groups excluding tert-OH is 1. The van der Waals surface area contributed by atoms with Crippen LogP contribution in [0.4, 0.5) is 5.69 Å². The van der Waals surface area contributed by atoms with E-state index in [1.807, 2.05) is 13.8 Å². The van der Waals surface area contributed by atoms with Gasteiger partial charge in [0, 0.05) is 12.2 Å². The third-order valence-corrected chi connectivity index (χ3v) is 3.93. The molecule has 19 heavy (non-hydrogen) atoms. The lowest BCUT2D eigenvalue weighted by Gasteiger charge is -2.22. The molecule has 0 aliphatic carbocycles. The third-order valence-electron chi connectivity index (χ3n) is 3.93. The molecule has 1 amide bonds. The van der Waals surface area contributed by atoms with Crippen molar-refractivity contribution in [3.8, 4) is 0 Å². The average molecular weight is 261 g/mol. The van der Waals surface area contributed by atoms with Crippen molar-refractivity contribution in [2.24, 2.45) is 0 Å². The molecule has 3 nitrogen and oxygen atoms in total. The number of nitrogens with zero attached hydrogens (tertiary/aromatic N) is 1. The molecule has 0 bridgehead atoms. The summed E-state index contributed by atoms with van der Waals surface area (Å²) in [4.78, 5) is 14.2. The minimum absolute atomic E-state index is 0.0129. The van der Waals surface area contributed by atoms with Gasteiger partial charge in [-0.3, -0.25) is 4.79 Å². The van der Waals surface area contributed by atoms with E-state index in [-0.39, 0.29) is 17.9 Å². The molecule has 0 atom stereocenters. The molecule has 1 aromatic rings. The van der Waals surface area contributed by atoms with Crippen molar-refractivity contribution >= 4 is 11.6 Å². The zero-order valence-corrected chi connectivity index (χ0v) is 12.4. The summed E-state index contributed by atoms with van der Waals surface area (Å²) < 4.78 is 0. The molecule has 1 aliphatic rings. The maximum Gasteiger partial charge on any atom is 0.237 e. The van der Waals surface area contributed by atoms with Gasteiger partial charge in [-0.1, -0.05) is 32.9 Å². The van der Waals surface area contributed by atoms with Crippen molar-refractivity contribution < 1.29 is 9.90 Å². The van der Waals surface area contributed by atoms with Gasteiger partial charge in [-0.25, -0.2) is 0 Å². The highest BCUT2D eigenvalue weighted by Gasteiger charge is 2.43. The van der Waals surface area contributed by atoms with Gasteiger partial charge < -0.3 is 10.0 Å². The van der Waals surface area contributed by atoms with Crippen LogP contribution in [0, 0.1) is 0 Å². The molecule has 0 fully saturated rings. The van der Waals surface area contributed by atoms with E-state index >= 15 is 0 Å². The largest absolute Gasteiger partial charge is 0.395 e. The molecule has 1 aliphatic heterocycles. The van der Waals surface area contributed by atoms with Gasteiger partial charge in [0.25, 0.3) is 0 Å². The molecule has 1 heterocycles. The van der Waals surface area contributed by atoms with Crippen LogP contribution in [0.3, 0.4) is 0 Å². The molecule has 0 unspecified atom stereocenters. The lowest BCUT2D eigenvalue weighted by atomic mass is 9.82. The normalized spacial score (nSPS) is 17.8. The van der Waals surface area contributed by atoms with Crippen LogP contribution in [0.2, 0.25) is 0 Å². The molecule has 0 aromatic heterocycles. The van der Waals surface area contributed by atoms with Crippen LogP contribution in [0.15, 0.2) is 18.2 Å². The predicted molar refractivity (Wildman–Crippen MR) is 77.6 cm³/mol. The van der Waals surface area contributed by atoms with Crippen LogP contribution in [0.5, 0.6) is 0 Å². The molecule has 104 valence electrons. The standard InChI is InChI=1S/C16H23NO2/c1-15(2,3)11-6-7-12-13(10-11)17(8-9-18)14(19)16(12,4)5/h6-7,10,18H,8-9H2,1-5H3. The summed E-state index contributed by atoms with van der Waals surface area (Å²) >= 11 is 0. The number of rotatable bonds is 2. The maximum absolute atomic E-state index is 12.4. The number of anilines is 1. The zero-order valence-electron chi connectivity index (χ0n) is 12.4. The van der Waals surface area contributed by atoms with Gasteiger partial charge in [0.15, 0.2) is 0 Å². The van der Waals surface area contributed by atoms with Crippen LogP contribution in [-0.2, 0) is 15.6 Å². The number of amides is 1. The van der Waals surface area contributed by atoms with Crippen LogP contribution in [0.25, 0.3) is 0 Å².